The van der Waals surface area contributed by atoms with Gasteiger partial charge in [0, 0.05) is 29.2 Å². The van der Waals surface area contributed by atoms with Crippen LogP contribution in [0, 0.1) is 6.92 Å². The molecule has 2 aromatic carbocycles. The van der Waals surface area contributed by atoms with Gasteiger partial charge in [-0.3, -0.25) is 4.79 Å². The summed E-state index contributed by atoms with van der Waals surface area (Å²) in [6.07, 6.45) is 3.15. The highest BCUT2D eigenvalue weighted by molar-refractivity contribution is 5.83. The first kappa shape index (κ1) is 16.1. The number of carbonyl (C=O) groups excluding carboxylic acids is 1. The SMILES string of the molecule is COc1ccc(C)cc1CC(=O)NCCc1c[nH]c2ccccc12. The molecule has 0 aliphatic rings. The molecule has 1 heterocycles. The van der Waals surface area contributed by atoms with Gasteiger partial charge in [-0.1, -0.05) is 35.9 Å². The van der Waals surface area contributed by atoms with Crippen molar-refractivity contribution in [3.05, 3.63) is 65.4 Å². The van der Waals surface area contributed by atoms with E-state index in [0.29, 0.717) is 13.0 Å². The number of nitrogens with one attached hydrogen (secondary N) is 2. The molecule has 0 unspecified atom stereocenters. The third-order valence-corrected chi connectivity index (χ3v) is 4.18. The number of methoxy groups -OCH3 is 1. The zero-order valence-electron chi connectivity index (χ0n) is 14.1. The first-order chi connectivity index (χ1) is 11.7. The van der Waals surface area contributed by atoms with Crippen molar-refractivity contribution < 1.29 is 9.53 Å². The van der Waals surface area contributed by atoms with Gasteiger partial charge in [0.25, 0.3) is 0 Å². The standard InChI is InChI=1S/C20H22N2O2/c1-14-7-8-19(24-2)16(11-14)12-20(23)21-10-9-15-13-22-18-6-4-3-5-17(15)18/h3-8,11,13,22H,9-10,12H2,1-2H3,(H,21,23). The van der Waals surface area contributed by atoms with E-state index >= 15 is 0 Å². The van der Waals surface area contributed by atoms with Gasteiger partial charge in [-0.05, 0) is 31.0 Å². The molecule has 0 fully saturated rings. The molecule has 0 saturated carbocycles. The fourth-order valence-electron chi connectivity index (χ4n) is 2.96. The number of benzene rings is 2. The van der Waals surface area contributed by atoms with Crippen LogP contribution in [0.5, 0.6) is 5.75 Å². The van der Waals surface area contributed by atoms with Gasteiger partial charge in [0.15, 0.2) is 0 Å². The van der Waals surface area contributed by atoms with Crippen LogP contribution in [0.25, 0.3) is 10.9 Å². The maximum Gasteiger partial charge on any atom is 0.224 e. The number of amides is 1. The lowest BCUT2D eigenvalue weighted by Gasteiger charge is -2.10. The van der Waals surface area contributed by atoms with E-state index in [4.69, 9.17) is 4.74 Å². The molecule has 24 heavy (non-hydrogen) atoms. The second kappa shape index (κ2) is 7.21. The van der Waals surface area contributed by atoms with Gasteiger partial charge < -0.3 is 15.0 Å². The smallest absolute Gasteiger partial charge is 0.224 e. The van der Waals surface area contributed by atoms with E-state index in [-0.39, 0.29) is 5.91 Å². The van der Waals surface area contributed by atoms with E-state index < -0.39 is 0 Å². The number of aromatic amines is 1. The lowest BCUT2D eigenvalue weighted by Crippen LogP contribution is -2.27. The Bertz CT molecular complexity index is 852. The second-order valence-corrected chi connectivity index (χ2v) is 5.95. The minimum atomic E-state index is 0.0127. The van der Waals surface area contributed by atoms with E-state index in [2.05, 4.69) is 22.4 Å². The number of H-pyrrole nitrogens is 1. The molecule has 0 radical (unpaired) electrons. The van der Waals surface area contributed by atoms with Gasteiger partial charge in [-0.15, -0.1) is 0 Å². The van der Waals surface area contributed by atoms with Gasteiger partial charge in [-0.25, -0.2) is 0 Å². The number of carbonyl (C=O) groups is 1. The summed E-state index contributed by atoms with van der Waals surface area (Å²) in [7, 11) is 1.63. The predicted molar refractivity (Wildman–Crippen MR) is 96.4 cm³/mol. The first-order valence-electron chi connectivity index (χ1n) is 8.12. The Balaban J connectivity index is 1.57. The number of fused-ring (bicyclic) bond motifs is 1. The summed E-state index contributed by atoms with van der Waals surface area (Å²) in [5.41, 5.74) is 4.39. The van der Waals surface area contributed by atoms with Crippen molar-refractivity contribution in [3.8, 4) is 5.75 Å². The van der Waals surface area contributed by atoms with E-state index in [1.807, 2.05) is 43.5 Å². The fraction of sp³-hybridized carbons (Fsp3) is 0.250. The summed E-state index contributed by atoms with van der Waals surface area (Å²) in [5.74, 6) is 0.770. The lowest BCUT2D eigenvalue weighted by atomic mass is 10.1. The molecule has 0 atom stereocenters. The van der Waals surface area contributed by atoms with Crippen LogP contribution in [-0.2, 0) is 17.6 Å². The Morgan fingerprint density at radius 1 is 1.17 bits per heavy atom. The molecule has 0 aliphatic carbocycles. The number of hydrogen-bond acceptors (Lipinski definition) is 2. The molecule has 1 amide bonds. The summed E-state index contributed by atoms with van der Waals surface area (Å²) in [5, 5.41) is 4.21. The average molecular weight is 322 g/mol. The molecule has 3 rings (SSSR count). The largest absolute Gasteiger partial charge is 0.496 e. The van der Waals surface area contributed by atoms with Crippen LogP contribution in [0.3, 0.4) is 0 Å². The predicted octanol–water partition coefficient (Wildman–Crippen LogP) is 3.39. The van der Waals surface area contributed by atoms with Crippen molar-refractivity contribution in [2.75, 3.05) is 13.7 Å². The fourth-order valence-corrected chi connectivity index (χ4v) is 2.96. The van der Waals surface area contributed by atoms with Gasteiger partial charge >= 0.3 is 0 Å². The van der Waals surface area contributed by atoms with Crippen LogP contribution < -0.4 is 10.1 Å². The van der Waals surface area contributed by atoms with E-state index in [9.17, 15) is 4.79 Å². The third kappa shape index (κ3) is 3.59. The van der Waals surface area contributed by atoms with Crippen LogP contribution in [0.15, 0.2) is 48.7 Å². The molecule has 2 N–H and O–H groups in total. The number of aryl methyl sites for hydroxylation is 1. The van der Waals surface area contributed by atoms with Crippen LogP contribution in [0.4, 0.5) is 0 Å². The summed E-state index contributed by atoms with van der Waals surface area (Å²) < 4.78 is 5.33. The van der Waals surface area contributed by atoms with E-state index in [0.717, 1.165) is 28.8 Å². The molecule has 3 aromatic rings. The van der Waals surface area contributed by atoms with Gasteiger partial charge in [0.1, 0.15) is 5.75 Å². The maximum absolute atomic E-state index is 12.2. The van der Waals surface area contributed by atoms with Crippen molar-refractivity contribution in [2.24, 2.45) is 0 Å². The molecule has 4 nitrogen and oxygen atoms in total. The number of ether oxygens (including phenoxy) is 1. The Labute approximate surface area is 141 Å². The van der Waals surface area contributed by atoms with Gasteiger partial charge in [0.2, 0.25) is 5.91 Å². The maximum atomic E-state index is 12.2. The minimum absolute atomic E-state index is 0.0127. The Kier molecular flexibility index (Phi) is 4.85. The molecular formula is C20H22N2O2. The molecule has 0 spiro atoms. The highest BCUT2D eigenvalue weighted by atomic mass is 16.5. The van der Waals surface area contributed by atoms with Crippen molar-refractivity contribution >= 4 is 16.8 Å². The number of hydrogen-bond donors (Lipinski definition) is 2. The topological polar surface area (TPSA) is 54.1 Å². The van der Waals surface area contributed by atoms with Crippen molar-refractivity contribution in [3.63, 3.8) is 0 Å². The molecule has 0 bridgehead atoms. The molecule has 4 heteroatoms. The van der Waals surface area contributed by atoms with Crippen molar-refractivity contribution in [1.82, 2.24) is 10.3 Å². The Morgan fingerprint density at radius 2 is 2.00 bits per heavy atom. The Hall–Kier alpha value is -2.75. The lowest BCUT2D eigenvalue weighted by molar-refractivity contribution is -0.120. The molecule has 0 aliphatic heterocycles. The van der Waals surface area contributed by atoms with Gasteiger partial charge in [0.05, 0.1) is 13.5 Å². The van der Waals surface area contributed by atoms with E-state index in [1.165, 1.54) is 10.9 Å². The quantitative estimate of drug-likeness (QED) is 0.731. The number of aromatic nitrogens is 1. The first-order valence-corrected chi connectivity index (χ1v) is 8.12. The number of para-hydroxylation sites is 1. The second-order valence-electron chi connectivity index (χ2n) is 5.95. The summed E-state index contributed by atoms with van der Waals surface area (Å²) >= 11 is 0. The zero-order chi connectivity index (χ0) is 16.9. The Morgan fingerprint density at radius 3 is 2.83 bits per heavy atom. The molecular weight excluding hydrogens is 300 g/mol. The van der Waals surface area contributed by atoms with Gasteiger partial charge in [-0.2, -0.15) is 0 Å². The van der Waals surface area contributed by atoms with Crippen LogP contribution in [-0.4, -0.2) is 24.5 Å². The summed E-state index contributed by atoms with van der Waals surface area (Å²) in [6.45, 7) is 2.63. The summed E-state index contributed by atoms with van der Waals surface area (Å²) in [6, 6.07) is 14.1. The van der Waals surface area contributed by atoms with Crippen LogP contribution >= 0.6 is 0 Å². The highest BCUT2D eigenvalue weighted by Gasteiger charge is 2.09. The van der Waals surface area contributed by atoms with Crippen molar-refractivity contribution in [1.29, 1.82) is 0 Å². The highest BCUT2D eigenvalue weighted by Crippen LogP contribution is 2.20. The average Bonchev–Trinajstić information content (AvgIpc) is 2.98. The summed E-state index contributed by atoms with van der Waals surface area (Å²) in [4.78, 5) is 15.5. The van der Waals surface area contributed by atoms with Crippen LogP contribution in [0.1, 0.15) is 16.7 Å². The van der Waals surface area contributed by atoms with E-state index in [1.54, 1.807) is 7.11 Å². The number of rotatable bonds is 6. The third-order valence-electron chi connectivity index (χ3n) is 4.18. The monoisotopic (exact) mass is 322 g/mol. The minimum Gasteiger partial charge on any atom is -0.496 e. The molecule has 0 saturated heterocycles. The zero-order valence-corrected chi connectivity index (χ0v) is 14.1. The molecule has 1 aromatic heterocycles. The normalized spacial score (nSPS) is 10.8. The van der Waals surface area contributed by atoms with Crippen molar-refractivity contribution in [2.45, 2.75) is 19.8 Å². The van der Waals surface area contributed by atoms with Crippen LogP contribution in [0.2, 0.25) is 0 Å². The molecule has 124 valence electrons.